The minimum atomic E-state index is -4.71. The van der Waals surface area contributed by atoms with Crippen molar-refractivity contribution >= 4 is 10.0 Å². The van der Waals surface area contributed by atoms with Crippen molar-refractivity contribution in [1.82, 2.24) is 4.31 Å². The quantitative estimate of drug-likeness (QED) is 0.740. The van der Waals surface area contributed by atoms with E-state index in [2.05, 4.69) is 0 Å². The number of furan rings is 1. The topological polar surface area (TPSA) is 69.0 Å². The molecule has 1 aromatic carbocycles. The largest absolute Gasteiger partial charge is 0.493 e. The summed E-state index contributed by atoms with van der Waals surface area (Å²) < 4.78 is 79.3. The van der Waals surface area contributed by atoms with Crippen molar-refractivity contribution in [3.63, 3.8) is 0 Å². The first-order valence-corrected chi connectivity index (χ1v) is 8.42. The maximum atomic E-state index is 12.9. The molecule has 0 saturated heterocycles. The molecule has 0 N–H and O–H groups in total. The van der Waals surface area contributed by atoms with Gasteiger partial charge in [-0.1, -0.05) is 0 Å². The van der Waals surface area contributed by atoms with Gasteiger partial charge in [0, 0.05) is 6.07 Å². The van der Waals surface area contributed by atoms with Crippen LogP contribution >= 0.6 is 0 Å². The average Bonchev–Trinajstić information content (AvgIpc) is 3.05. The lowest BCUT2D eigenvalue weighted by molar-refractivity contribution is -0.137. The van der Waals surface area contributed by atoms with Gasteiger partial charge in [0.15, 0.2) is 11.5 Å². The van der Waals surface area contributed by atoms with Gasteiger partial charge in [-0.2, -0.15) is 17.5 Å². The second kappa shape index (κ2) is 7.36. The molecule has 138 valence electrons. The van der Waals surface area contributed by atoms with Crippen LogP contribution in [0.4, 0.5) is 13.2 Å². The smallest absolute Gasteiger partial charge is 0.402 e. The van der Waals surface area contributed by atoms with Gasteiger partial charge in [0.05, 0.1) is 31.9 Å². The number of rotatable bonds is 7. The maximum absolute atomic E-state index is 12.9. The minimum absolute atomic E-state index is 0.0910. The molecule has 0 aliphatic rings. The molecule has 0 saturated carbocycles. The van der Waals surface area contributed by atoms with E-state index in [-0.39, 0.29) is 22.2 Å². The predicted octanol–water partition coefficient (Wildman–Crippen LogP) is 3.05. The van der Waals surface area contributed by atoms with Gasteiger partial charge in [-0.3, -0.25) is 0 Å². The van der Waals surface area contributed by atoms with Crippen LogP contribution in [0.2, 0.25) is 0 Å². The summed E-state index contributed by atoms with van der Waals surface area (Å²) >= 11 is 0. The molecule has 0 unspecified atom stereocenters. The van der Waals surface area contributed by atoms with Crippen molar-refractivity contribution in [1.29, 1.82) is 0 Å². The number of hydrogen-bond acceptors (Lipinski definition) is 5. The van der Waals surface area contributed by atoms with E-state index in [4.69, 9.17) is 13.9 Å². The highest BCUT2D eigenvalue weighted by atomic mass is 32.2. The lowest BCUT2D eigenvalue weighted by atomic mass is 10.3. The zero-order valence-corrected chi connectivity index (χ0v) is 14.2. The Kier molecular flexibility index (Phi) is 5.63. The van der Waals surface area contributed by atoms with Crippen LogP contribution in [0.5, 0.6) is 11.5 Å². The van der Waals surface area contributed by atoms with Crippen molar-refractivity contribution in [2.45, 2.75) is 17.6 Å². The summed E-state index contributed by atoms with van der Waals surface area (Å²) in [4.78, 5) is -0.346. The molecule has 0 bridgehead atoms. The average molecular weight is 379 g/mol. The fourth-order valence-electron chi connectivity index (χ4n) is 2.13. The van der Waals surface area contributed by atoms with E-state index >= 15 is 0 Å². The molecule has 0 radical (unpaired) electrons. The minimum Gasteiger partial charge on any atom is -0.493 e. The van der Waals surface area contributed by atoms with E-state index in [0.717, 1.165) is 12.1 Å². The van der Waals surface area contributed by atoms with Crippen LogP contribution in [-0.2, 0) is 16.6 Å². The first kappa shape index (κ1) is 19.1. The molecule has 0 atom stereocenters. The molecule has 25 heavy (non-hydrogen) atoms. The highest BCUT2D eigenvalue weighted by Gasteiger charge is 2.37. The highest BCUT2D eigenvalue weighted by molar-refractivity contribution is 7.89. The van der Waals surface area contributed by atoms with Gasteiger partial charge >= 0.3 is 6.18 Å². The molecular weight excluding hydrogens is 363 g/mol. The number of alkyl halides is 3. The molecular formula is C15H16F3NO5S. The molecule has 6 nitrogen and oxygen atoms in total. The van der Waals surface area contributed by atoms with Crippen molar-refractivity contribution < 1.29 is 35.5 Å². The van der Waals surface area contributed by atoms with E-state index in [9.17, 15) is 21.6 Å². The SMILES string of the molecule is COc1ccc(S(=O)(=O)N(Cc2ccco2)CC(F)(F)F)cc1OC. The van der Waals surface area contributed by atoms with Crippen LogP contribution in [0.3, 0.4) is 0 Å². The number of nitrogens with zero attached hydrogens (tertiary/aromatic N) is 1. The van der Waals surface area contributed by atoms with Gasteiger partial charge in [0.2, 0.25) is 10.0 Å². The van der Waals surface area contributed by atoms with Crippen LogP contribution in [0.1, 0.15) is 5.76 Å². The van der Waals surface area contributed by atoms with Gasteiger partial charge in [0.1, 0.15) is 12.3 Å². The normalized spacial score (nSPS) is 12.4. The van der Waals surface area contributed by atoms with Crippen LogP contribution in [0, 0.1) is 0 Å². The number of ether oxygens (including phenoxy) is 2. The maximum Gasteiger partial charge on any atom is 0.402 e. The van der Waals surface area contributed by atoms with Crippen molar-refractivity contribution in [3.05, 3.63) is 42.4 Å². The first-order chi connectivity index (χ1) is 11.7. The third kappa shape index (κ3) is 4.67. The number of hydrogen-bond donors (Lipinski definition) is 0. The highest BCUT2D eigenvalue weighted by Crippen LogP contribution is 2.32. The summed E-state index contributed by atoms with van der Waals surface area (Å²) in [6, 6.07) is 6.43. The fourth-order valence-corrected chi connectivity index (χ4v) is 3.54. The zero-order chi connectivity index (χ0) is 18.7. The van der Waals surface area contributed by atoms with Crippen LogP contribution in [-0.4, -0.2) is 39.7 Å². The Morgan fingerprint density at radius 2 is 1.80 bits per heavy atom. The molecule has 0 fully saturated rings. The van der Waals surface area contributed by atoms with Crippen molar-refractivity contribution in [2.75, 3.05) is 20.8 Å². The van der Waals surface area contributed by atoms with E-state index in [1.165, 1.54) is 38.7 Å². The van der Waals surface area contributed by atoms with Gasteiger partial charge in [-0.15, -0.1) is 0 Å². The third-order valence-corrected chi connectivity index (χ3v) is 5.05. The molecule has 1 heterocycles. The second-order valence-electron chi connectivity index (χ2n) is 4.98. The molecule has 0 amide bonds. The van der Waals surface area contributed by atoms with E-state index in [1.54, 1.807) is 0 Å². The summed E-state index contributed by atoms with van der Waals surface area (Å²) in [7, 11) is -1.79. The Morgan fingerprint density at radius 1 is 1.12 bits per heavy atom. The second-order valence-corrected chi connectivity index (χ2v) is 6.92. The lowest BCUT2D eigenvalue weighted by Gasteiger charge is -2.23. The molecule has 0 aliphatic heterocycles. The number of sulfonamides is 1. The number of methoxy groups -OCH3 is 2. The molecule has 0 aliphatic carbocycles. The van der Waals surface area contributed by atoms with Crippen molar-refractivity contribution in [3.8, 4) is 11.5 Å². The van der Waals surface area contributed by atoms with Gasteiger partial charge in [-0.05, 0) is 24.3 Å². The summed E-state index contributed by atoms with van der Waals surface area (Å²) in [6.45, 7) is -2.20. The first-order valence-electron chi connectivity index (χ1n) is 6.98. The van der Waals surface area contributed by atoms with E-state index in [0.29, 0.717) is 4.31 Å². The Labute approximate surface area is 142 Å². The Bertz CT molecular complexity index is 803. The molecule has 1 aromatic heterocycles. The summed E-state index contributed by atoms with van der Waals surface area (Å²) in [5.74, 6) is 0.441. The molecule has 2 rings (SSSR count). The van der Waals surface area contributed by atoms with Gasteiger partial charge in [0.25, 0.3) is 0 Å². The molecule has 2 aromatic rings. The Balaban J connectivity index is 2.43. The predicted molar refractivity (Wildman–Crippen MR) is 81.9 cm³/mol. The van der Waals surface area contributed by atoms with Gasteiger partial charge in [-0.25, -0.2) is 8.42 Å². The van der Waals surface area contributed by atoms with Gasteiger partial charge < -0.3 is 13.9 Å². The summed E-state index contributed by atoms with van der Waals surface area (Å²) in [5.41, 5.74) is 0. The monoisotopic (exact) mass is 379 g/mol. The van der Waals surface area contributed by atoms with Crippen LogP contribution in [0.25, 0.3) is 0 Å². The standard InChI is InChI=1S/C15H16F3NO5S/c1-22-13-6-5-12(8-14(13)23-2)25(20,21)19(10-15(16,17)18)9-11-4-3-7-24-11/h3-8H,9-10H2,1-2H3. The van der Waals surface area contributed by atoms with Crippen LogP contribution in [0.15, 0.2) is 45.9 Å². The Morgan fingerprint density at radius 3 is 2.32 bits per heavy atom. The van der Waals surface area contributed by atoms with E-state index < -0.39 is 29.3 Å². The summed E-state index contributed by atoms with van der Waals surface area (Å²) in [5, 5.41) is 0. The number of halogens is 3. The van der Waals surface area contributed by atoms with Crippen molar-refractivity contribution in [2.24, 2.45) is 0 Å². The molecule has 0 spiro atoms. The van der Waals surface area contributed by atoms with E-state index in [1.807, 2.05) is 0 Å². The number of benzene rings is 1. The molecule has 10 heteroatoms. The fraction of sp³-hybridized carbons (Fsp3) is 0.333. The zero-order valence-electron chi connectivity index (χ0n) is 13.4. The summed E-state index contributed by atoms with van der Waals surface area (Å²) in [6.07, 6.45) is -3.46. The Hall–Kier alpha value is -2.20. The third-order valence-electron chi connectivity index (χ3n) is 3.26. The van der Waals surface area contributed by atoms with Crippen LogP contribution < -0.4 is 9.47 Å². The lowest BCUT2D eigenvalue weighted by Crippen LogP contribution is -2.38.